The largest absolute Gasteiger partial charge is 0.376 e. The van der Waals surface area contributed by atoms with Crippen LogP contribution in [0.5, 0.6) is 0 Å². The zero-order valence-electron chi connectivity index (χ0n) is 3.59. The molecule has 0 rings (SSSR count). The highest BCUT2D eigenvalue weighted by Crippen LogP contribution is 1.73. The summed E-state index contributed by atoms with van der Waals surface area (Å²) in [5.41, 5.74) is 9.62. The van der Waals surface area contributed by atoms with Crippen LogP contribution in [0.4, 0.5) is 0 Å². The summed E-state index contributed by atoms with van der Waals surface area (Å²) in [6.45, 7) is 0. The van der Waals surface area contributed by atoms with E-state index in [1.807, 2.05) is 0 Å². The van der Waals surface area contributed by atoms with Gasteiger partial charge in [-0.3, -0.25) is 0 Å². The maximum atomic E-state index is 5.08. The smallest absolute Gasteiger partial charge is 0.165 e. The van der Waals surface area contributed by atoms with Gasteiger partial charge in [0.2, 0.25) is 0 Å². The Kier molecular flexibility index (Phi) is 3.06. The van der Waals surface area contributed by atoms with Crippen molar-refractivity contribution in [3.8, 4) is 0 Å². The van der Waals surface area contributed by atoms with Crippen molar-refractivity contribution in [3.63, 3.8) is 0 Å². The van der Waals surface area contributed by atoms with E-state index in [0.29, 0.717) is 0 Å². The van der Waals surface area contributed by atoms with E-state index in [0.717, 1.165) is 0 Å². The molecule has 0 aromatic rings. The fourth-order valence-electron chi connectivity index (χ4n) is 0.146. The maximum Gasteiger partial charge on any atom is 0.165 e. The molecule has 0 aliphatic heterocycles. The lowest BCUT2D eigenvalue weighted by atomic mass is 11.0. The molecule has 0 amide bonds. The van der Waals surface area contributed by atoms with Crippen LogP contribution < -0.4 is 16.8 Å². The Labute approximate surface area is 52.8 Å². The van der Waals surface area contributed by atoms with Crippen LogP contribution in [0.2, 0.25) is 0 Å². The van der Waals surface area contributed by atoms with E-state index in [9.17, 15) is 0 Å². The number of thiol groups is 1. The highest BCUT2D eigenvalue weighted by atomic mass is 32.1. The highest BCUT2D eigenvalue weighted by molar-refractivity contribution is 7.81. The lowest BCUT2D eigenvalue weighted by molar-refractivity contribution is 0.870. The van der Waals surface area contributed by atoms with Gasteiger partial charge in [0.05, 0.1) is 0 Å². The van der Waals surface area contributed by atoms with E-state index in [1.165, 1.54) is 0 Å². The Balaban J connectivity index is 3.13. The second kappa shape index (κ2) is 3.06. The third-order valence-corrected chi connectivity index (χ3v) is 0.537. The molecular weight excluding hydrogens is 130 g/mol. The molecule has 5 heteroatoms. The summed E-state index contributed by atoms with van der Waals surface area (Å²) < 4.78 is 0. The van der Waals surface area contributed by atoms with Gasteiger partial charge in [-0.2, -0.15) is 0 Å². The Morgan fingerprint density at radius 3 is 2.29 bits per heavy atom. The zero-order valence-corrected chi connectivity index (χ0v) is 5.30. The molecule has 0 heterocycles. The average molecular weight is 137 g/mol. The highest BCUT2D eigenvalue weighted by Gasteiger charge is 1.89. The summed E-state index contributed by atoms with van der Waals surface area (Å²) >= 11 is 8.15. The first kappa shape index (κ1) is 7.00. The Hall–Kier alpha value is -0.0000000000000000555. The molecule has 0 bridgehead atoms. The molecule has 42 valence electrons. The first-order valence-electron chi connectivity index (χ1n) is 1.62. The molecule has 0 radical (unpaired) electrons. The van der Waals surface area contributed by atoms with Gasteiger partial charge in [-0.05, 0) is 12.2 Å². The maximum absolute atomic E-state index is 5.08. The van der Waals surface area contributed by atoms with E-state index < -0.39 is 5.50 Å². The zero-order chi connectivity index (χ0) is 5.86. The van der Waals surface area contributed by atoms with Crippen LogP contribution in [-0.2, 0) is 0 Å². The summed E-state index contributed by atoms with van der Waals surface area (Å²) in [6.07, 6.45) is 0. The van der Waals surface area contributed by atoms with E-state index in [4.69, 9.17) is 11.5 Å². The lowest BCUT2D eigenvalue weighted by Gasteiger charge is -2.03. The molecule has 3 nitrogen and oxygen atoms in total. The van der Waals surface area contributed by atoms with Gasteiger partial charge in [-0.25, -0.2) is 0 Å². The topological polar surface area (TPSA) is 64.1 Å². The van der Waals surface area contributed by atoms with Crippen LogP contribution in [0, 0.1) is 0 Å². The van der Waals surface area contributed by atoms with Crippen LogP contribution in [-0.4, -0.2) is 10.6 Å². The summed E-state index contributed by atoms with van der Waals surface area (Å²) in [5.74, 6) is 0. The van der Waals surface area contributed by atoms with Crippen molar-refractivity contribution in [1.82, 2.24) is 5.32 Å². The van der Waals surface area contributed by atoms with Crippen LogP contribution >= 0.6 is 24.8 Å². The second-order valence-corrected chi connectivity index (χ2v) is 1.95. The summed E-state index contributed by atoms with van der Waals surface area (Å²) in [4.78, 5) is 0. The van der Waals surface area contributed by atoms with Gasteiger partial charge in [0.15, 0.2) is 5.11 Å². The minimum atomic E-state index is -0.447. The normalized spacial score (nSPS) is 12.9. The van der Waals surface area contributed by atoms with E-state index in [1.54, 1.807) is 0 Å². The third-order valence-electron chi connectivity index (χ3n) is 0.290. The predicted molar refractivity (Wildman–Crippen MR) is 36.9 cm³/mol. The fraction of sp³-hybridized carbons (Fsp3) is 0.500. The monoisotopic (exact) mass is 137 g/mol. The number of hydrogen-bond donors (Lipinski definition) is 4. The number of thiocarbonyl (C=S) groups is 1. The Morgan fingerprint density at radius 1 is 1.86 bits per heavy atom. The van der Waals surface area contributed by atoms with Gasteiger partial charge in [-0.15, -0.1) is 12.6 Å². The quantitative estimate of drug-likeness (QED) is 0.212. The first-order chi connectivity index (χ1) is 3.13. The van der Waals surface area contributed by atoms with Crippen LogP contribution in [0.25, 0.3) is 0 Å². The molecule has 1 atom stereocenters. The van der Waals surface area contributed by atoms with Crippen molar-refractivity contribution < 1.29 is 0 Å². The summed E-state index contributed by atoms with van der Waals surface area (Å²) in [6, 6.07) is 0. The van der Waals surface area contributed by atoms with Gasteiger partial charge >= 0.3 is 0 Å². The molecule has 0 aliphatic carbocycles. The minimum absolute atomic E-state index is 0.169. The number of nitrogens with two attached hydrogens (primary N) is 2. The van der Waals surface area contributed by atoms with Gasteiger partial charge < -0.3 is 16.8 Å². The van der Waals surface area contributed by atoms with Crippen molar-refractivity contribution in [2.75, 3.05) is 0 Å². The fourth-order valence-corrected chi connectivity index (χ4v) is 0.499. The molecule has 5 N–H and O–H groups in total. The molecule has 7 heavy (non-hydrogen) atoms. The third kappa shape index (κ3) is 6.00. The second-order valence-electron chi connectivity index (χ2n) is 0.953. The number of hydrogen-bond acceptors (Lipinski definition) is 3. The lowest BCUT2D eigenvalue weighted by Crippen LogP contribution is -2.40. The van der Waals surface area contributed by atoms with Crippen molar-refractivity contribution in [1.29, 1.82) is 0 Å². The molecule has 0 aromatic carbocycles. The van der Waals surface area contributed by atoms with Crippen molar-refractivity contribution >= 4 is 30.0 Å². The van der Waals surface area contributed by atoms with Crippen molar-refractivity contribution in [2.24, 2.45) is 11.5 Å². The van der Waals surface area contributed by atoms with Crippen LogP contribution in [0.1, 0.15) is 0 Å². The molecular formula is C2H7N3S2. The van der Waals surface area contributed by atoms with Gasteiger partial charge in [0.25, 0.3) is 0 Å². The standard InChI is InChI=1S/C2H7N3S2/c3-1(6)5-2(4)7/h1,6H,3H2,(H3,4,5,7). The molecule has 0 saturated carbocycles. The van der Waals surface area contributed by atoms with Gasteiger partial charge in [0.1, 0.15) is 5.50 Å². The molecule has 0 spiro atoms. The van der Waals surface area contributed by atoms with Crippen LogP contribution in [0.15, 0.2) is 0 Å². The molecule has 0 fully saturated rings. The summed E-state index contributed by atoms with van der Waals surface area (Å²) in [7, 11) is 0. The first-order valence-corrected chi connectivity index (χ1v) is 2.55. The molecule has 1 unspecified atom stereocenters. The molecule has 0 aliphatic rings. The van der Waals surface area contributed by atoms with Crippen LogP contribution in [0.3, 0.4) is 0 Å². The van der Waals surface area contributed by atoms with Crippen molar-refractivity contribution in [3.05, 3.63) is 0 Å². The van der Waals surface area contributed by atoms with E-state index in [2.05, 4.69) is 30.2 Å². The van der Waals surface area contributed by atoms with Crippen molar-refractivity contribution in [2.45, 2.75) is 5.50 Å². The summed E-state index contributed by atoms with van der Waals surface area (Å²) in [5, 5.41) is 2.63. The Morgan fingerprint density at radius 2 is 2.29 bits per heavy atom. The predicted octanol–water partition coefficient (Wildman–Crippen LogP) is -1.01. The number of nitrogens with one attached hydrogen (secondary N) is 1. The molecule has 0 aromatic heterocycles. The SMILES string of the molecule is NC(=S)NC(N)S. The number of rotatable bonds is 1. The average Bonchev–Trinajstić information content (AvgIpc) is 1.27. The van der Waals surface area contributed by atoms with E-state index >= 15 is 0 Å². The minimum Gasteiger partial charge on any atom is -0.376 e. The van der Waals surface area contributed by atoms with E-state index in [-0.39, 0.29) is 5.11 Å². The van der Waals surface area contributed by atoms with Gasteiger partial charge in [0, 0.05) is 0 Å². The Bertz CT molecular complexity index is 71.3. The van der Waals surface area contributed by atoms with Gasteiger partial charge in [-0.1, -0.05) is 0 Å². The molecule has 0 saturated heterocycles.